The van der Waals surface area contributed by atoms with Gasteiger partial charge in [0.1, 0.15) is 18.2 Å². The van der Waals surface area contributed by atoms with Gasteiger partial charge in [-0.05, 0) is 65.2 Å². The number of nitrogens with two attached hydrogens (primary N) is 1. The number of nitrogens with zero attached hydrogens (tertiary/aromatic N) is 2. The van der Waals surface area contributed by atoms with Crippen molar-refractivity contribution in [2.24, 2.45) is 34.8 Å². The van der Waals surface area contributed by atoms with Crippen molar-refractivity contribution in [3.63, 3.8) is 0 Å². The Morgan fingerprint density at radius 3 is 2.26 bits per heavy atom. The number of carbonyl (C=O) groups is 3. The van der Waals surface area contributed by atoms with Crippen LogP contribution in [0.4, 0.5) is 9.59 Å². The Labute approximate surface area is 183 Å². The minimum atomic E-state index is -0.774. The fourth-order valence-electron chi connectivity index (χ4n) is 8.39. The average molecular weight is 435 g/mol. The smallest absolute Gasteiger partial charge is 0.444 e. The monoisotopic (exact) mass is 434 g/mol. The van der Waals surface area contributed by atoms with Crippen LogP contribution < -0.4 is 5.73 Å². The van der Waals surface area contributed by atoms with Crippen LogP contribution in [0.1, 0.15) is 59.3 Å². The summed E-state index contributed by atoms with van der Waals surface area (Å²) >= 11 is 0. The van der Waals surface area contributed by atoms with Crippen molar-refractivity contribution in [3.8, 4) is 0 Å². The molecule has 0 aromatic heterocycles. The van der Waals surface area contributed by atoms with Crippen LogP contribution in [0.3, 0.4) is 0 Å². The molecule has 2 heterocycles. The molecule has 2 aliphatic heterocycles. The largest absolute Gasteiger partial charge is 0.513 e. The van der Waals surface area contributed by atoms with E-state index in [4.69, 9.17) is 10.5 Å². The molecule has 0 spiro atoms. The van der Waals surface area contributed by atoms with Crippen molar-refractivity contribution in [2.75, 3.05) is 19.6 Å². The number of rotatable bonds is 2. The van der Waals surface area contributed by atoms with E-state index in [0.717, 1.165) is 38.5 Å². The second-order valence-electron chi connectivity index (χ2n) is 12.1. The van der Waals surface area contributed by atoms with Crippen LogP contribution in [-0.4, -0.2) is 69.9 Å². The molecule has 4 aliphatic carbocycles. The lowest BCUT2D eigenvalue weighted by Gasteiger charge is -2.61. The standard InChI is InChI=1S/C23H35N3O5/c1-22(2,3)31-20(28)25-5-4-14-11-26(21(29)30,12-17(14)25)18-15-6-13-7-16(18)10-23(8-13,9-15)19(24)27/h13-18H,4-12H2,1-3H3,(H2-,24,27,29,30)/p+1/t13?,14?,15-,16?,17?,18?,23-,26?/m0/s1. The summed E-state index contributed by atoms with van der Waals surface area (Å²) < 4.78 is 5.67. The number of carbonyl (C=O) groups excluding carboxylic acids is 2. The van der Waals surface area contributed by atoms with E-state index in [-0.39, 0.29) is 46.3 Å². The van der Waals surface area contributed by atoms with E-state index in [9.17, 15) is 19.5 Å². The first kappa shape index (κ1) is 21.0. The predicted molar refractivity (Wildman–Crippen MR) is 112 cm³/mol. The third-order valence-electron chi connectivity index (χ3n) is 9.08. The molecule has 3 N–H and O–H groups in total. The molecule has 6 unspecified atom stereocenters. The zero-order chi connectivity index (χ0) is 22.3. The maximum atomic E-state index is 12.8. The van der Waals surface area contributed by atoms with Crippen molar-refractivity contribution < 1.29 is 28.7 Å². The van der Waals surface area contributed by atoms with Gasteiger partial charge in [0.15, 0.2) is 0 Å². The molecule has 31 heavy (non-hydrogen) atoms. The maximum absolute atomic E-state index is 12.8. The van der Waals surface area contributed by atoms with Gasteiger partial charge in [-0.25, -0.2) is 9.28 Å². The summed E-state index contributed by atoms with van der Waals surface area (Å²) in [6, 6.07) is -0.0687. The molecule has 8 heteroatoms. The van der Waals surface area contributed by atoms with E-state index in [1.165, 1.54) is 0 Å². The van der Waals surface area contributed by atoms with Crippen LogP contribution in [0.25, 0.3) is 0 Å². The Kier molecular flexibility index (Phi) is 4.47. The number of ether oxygens (including phenoxy) is 1. The summed E-state index contributed by atoms with van der Waals surface area (Å²) in [5.41, 5.74) is 4.85. The average Bonchev–Trinajstić information content (AvgIpc) is 3.17. The lowest BCUT2D eigenvalue weighted by Crippen LogP contribution is -2.70. The number of hydrogen-bond donors (Lipinski definition) is 2. The van der Waals surface area contributed by atoms with Gasteiger partial charge in [-0.1, -0.05) is 0 Å². The Morgan fingerprint density at radius 2 is 1.71 bits per heavy atom. The van der Waals surface area contributed by atoms with Gasteiger partial charge < -0.3 is 15.6 Å². The van der Waals surface area contributed by atoms with Crippen LogP contribution in [0.5, 0.6) is 0 Å². The molecule has 172 valence electrons. The minimum Gasteiger partial charge on any atom is -0.444 e. The van der Waals surface area contributed by atoms with Crippen molar-refractivity contribution in [1.29, 1.82) is 0 Å². The lowest BCUT2D eigenvalue weighted by atomic mass is 9.47. The molecule has 4 bridgehead atoms. The van der Waals surface area contributed by atoms with E-state index in [1.54, 1.807) is 4.90 Å². The summed E-state index contributed by atoms with van der Waals surface area (Å²) in [5, 5.41) is 10.5. The molecule has 3 amide bonds. The highest BCUT2D eigenvalue weighted by atomic mass is 16.6. The van der Waals surface area contributed by atoms with Gasteiger partial charge in [-0.2, -0.15) is 4.79 Å². The summed E-state index contributed by atoms with van der Waals surface area (Å²) in [6.07, 6.45) is 4.09. The van der Waals surface area contributed by atoms with Gasteiger partial charge >= 0.3 is 12.2 Å². The van der Waals surface area contributed by atoms with Crippen LogP contribution in [0.2, 0.25) is 0 Å². The molecular weight excluding hydrogens is 398 g/mol. The highest BCUT2D eigenvalue weighted by Gasteiger charge is 2.68. The lowest BCUT2D eigenvalue weighted by molar-refractivity contribution is -0.885. The number of likely N-dealkylation sites (tertiary alicyclic amines) is 2. The Bertz CT molecular complexity index is 807. The normalized spacial score (nSPS) is 45.6. The van der Waals surface area contributed by atoms with Gasteiger partial charge in [0.25, 0.3) is 0 Å². The number of primary amides is 1. The van der Waals surface area contributed by atoms with E-state index < -0.39 is 17.1 Å². The van der Waals surface area contributed by atoms with Crippen LogP contribution in [0, 0.1) is 29.1 Å². The topological polar surface area (TPSA) is 110 Å². The second kappa shape index (κ2) is 6.59. The molecule has 6 rings (SSSR count). The molecule has 8 atom stereocenters. The van der Waals surface area contributed by atoms with Crippen LogP contribution in [0.15, 0.2) is 0 Å². The van der Waals surface area contributed by atoms with E-state index >= 15 is 0 Å². The number of carboxylic acid groups (broad SMARTS) is 1. The van der Waals surface area contributed by atoms with Crippen molar-refractivity contribution in [2.45, 2.75) is 77.0 Å². The summed E-state index contributed by atoms with van der Waals surface area (Å²) in [7, 11) is 0. The van der Waals surface area contributed by atoms with Gasteiger partial charge in [0.05, 0.1) is 18.0 Å². The molecule has 0 radical (unpaired) electrons. The number of hydrogen-bond acceptors (Lipinski definition) is 4. The first-order valence-electron chi connectivity index (χ1n) is 11.8. The molecule has 0 aromatic carbocycles. The second-order valence-corrected chi connectivity index (χ2v) is 12.1. The summed E-state index contributed by atoms with van der Waals surface area (Å²) in [5.74, 6) is 0.940. The molecule has 2 saturated heterocycles. The molecular formula is C23H36N3O5+. The Hall–Kier alpha value is -1.83. The zero-order valence-electron chi connectivity index (χ0n) is 18.9. The van der Waals surface area contributed by atoms with Gasteiger partial charge in [0.2, 0.25) is 5.91 Å². The van der Waals surface area contributed by atoms with Crippen LogP contribution >= 0.6 is 0 Å². The minimum absolute atomic E-state index is 0.0209. The highest BCUT2D eigenvalue weighted by molar-refractivity contribution is 5.81. The van der Waals surface area contributed by atoms with Gasteiger partial charge in [0, 0.05) is 24.3 Å². The summed E-state index contributed by atoms with van der Waals surface area (Å²) in [4.78, 5) is 39.8. The van der Waals surface area contributed by atoms with Crippen molar-refractivity contribution in [3.05, 3.63) is 0 Å². The fraction of sp³-hybridized carbons (Fsp3) is 0.870. The molecule has 6 fully saturated rings. The number of amides is 3. The third kappa shape index (κ3) is 3.08. The summed E-state index contributed by atoms with van der Waals surface area (Å²) in [6.45, 7) is 7.22. The van der Waals surface area contributed by atoms with Crippen molar-refractivity contribution >= 4 is 18.1 Å². The molecule has 6 aliphatic rings. The third-order valence-corrected chi connectivity index (χ3v) is 9.08. The first-order valence-corrected chi connectivity index (χ1v) is 11.8. The SMILES string of the molecule is CC(C)(C)OC(=O)N1CCC2C[N+](C(=O)O)(C3C4CC5C[C@H]3C[C@@](C(N)=O)(C5)C4)CC21. The highest BCUT2D eigenvalue weighted by Crippen LogP contribution is 2.62. The maximum Gasteiger partial charge on any atom is 0.513 e. The number of fused-ring (bicyclic) bond motifs is 1. The molecule has 4 saturated carbocycles. The van der Waals surface area contributed by atoms with E-state index in [1.807, 2.05) is 20.8 Å². The predicted octanol–water partition coefficient (Wildman–Crippen LogP) is 2.80. The van der Waals surface area contributed by atoms with E-state index in [0.29, 0.717) is 25.6 Å². The van der Waals surface area contributed by atoms with Crippen LogP contribution in [-0.2, 0) is 9.53 Å². The van der Waals surface area contributed by atoms with Gasteiger partial charge in [-0.3, -0.25) is 9.69 Å². The number of quaternary nitrogens is 1. The Balaban J connectivity index is 1.42. The fourth-order valence-corrected chi connectivity index (χ4v) is 8.39. The first-order chi connectivity index (χ1) is 14.4. The molecule has 8 nitrogen and oxygen atoms in total. The van der Waals surface area contributed by atoms with Crippen molar-refractivity contribution in [1.82, 2.24) is 4.90 Å². The molecule has 0 aromatic rings. The zero-order valence-corrected chi connectivity index (χ0v) is 18.9. The quantitative estimate of drug-likeness (QED) is 0.650. The van der Waals surface area contributed by atoms with E-state index in [2.05, 4.69) is 0 Å². The van der Waals surface area contributed by atoms with Gasteiger partial charge in [-0.15, -0.1) is 0 Å². The Morgan fingerprint density at radius 1 is 1.06 bits per heavy atom.